The van der Waals surface area contributed by atoms with Crippen LogP contribution in [-0.2, 0) is 23.8 Å². The van der Waals surface area contributed by atoms with Gasteiger partial charge >= 0.3 is 11.9 Å². The second-order valence-corrected chi connectivity index (χ2v) is 7.50. The summed E-state index contributed by atoms with van der Waals surface area (Å²) < 4.78 is 14.9. The van der Waals surface area contributed by atoms with E-state index in [4.69, 9.17) is 19.7 Å². The summed E-state index contributed by atoms with van der Waals surface area (Å²) >= 11 is 0. The number of hydrogen-bond donors (Lipinski definition) is 11. The first-order chi connectivity index (χ1) is 14.8. The molecule has 0 aromatic carbocycles. The SMILES string of the molecule is O=C(O)[C@@]1(O[C@H]2[C@@H](O)[C@@H]([C@H](O)CO)O[C@@](O)(C(=O)O)[C@H]2O)C[C@@H](O)[C@@H](O)[C@@H]([C@H](O)CO)O1. The zero-order valence-electron chi connectivity index (χ0n) is 16.3. The number of rotatable bonds is 8. The normalized spacial score (nSPS) is 44.6. The van der Waals surface area contributed by atoms with Crippen molar-refractivity contribution >= 4 is 11.9 Å². The average molecular weight is 474 g/mol. The standard InChI is InChI=1S/C16H26O16/c17-2-5(20)9-7(22)4(19)1-15(30-9,13(25)26)31-11-8(23)10(6(21)3-18)32-16(29,12(11)24)14(27)28/h4-12,17-24,29H,1-3H2,(H,25,26)(H,27,28)/t4-,5-,6-,7-,8+,9-,10-,11+,12+,15+,16-/m1/s1. The van der Waals surface area contributed by atoms with Crippen molar-refractivity contribution in [3.05, 3.63) is 0 Å². The molecule has 2 fully saturated rings. The molecule has 11 N–H and O–H groups in total. The van der Waals surface area contributed by atoms with Crippen LogP contribution in [0, 0.1) is 0 Å². The summed E-state index contributed by atoms with van der Waals surface area (Å²) in [5.41, 5.74) is 0. The van der Waals surface area contributed by atoms with Gasteiger partial charge in [0, 0.05) is 6.42 Å². The average Bonchev–Trinajstić information content (AvgIpc) is 2.74. The first-order valence-corrected chi connectivity index (χ1v) is 9.28. The zero-order valence-corrected chi connectivity index (χ0v) is 16.3. The summed E-state index contributed by atoms with van der Waals surface area (Å²) in [6, 6.07) is 0. The predicted molar refractivity (Wildman–Crippen MR) is 92.4 cm³/mol. The third kappa shape index (κ3) is 4.58. The second-order valence-electron chi connectivity index (χ2n) is 7.50. The summed E-state index contributed by atoms with van der Waals surface area (Å²) in [5.74, 6) is -10.9. The van der Waals surface area contributed by atoms with Crippen molar-refractivity contribution in [2.24, 2.45) is 0 Å². The molecule has 32 heavy (non-hydrogen) atoms. The van der Waals surface area contributed by atoms with Gasteiger partial charge in [0.1, 0.15) is 48.8 Å². The van der Waals surface area contributed by atoms with E-state index in [0.29, 0.717) is 0 Å². The molecule has 186 valence electrons. The molecule has 2 aliphatic heterocycles. The van der Waals surface area contributed by atoms with Gasteiger partial charge in [-0.1, -0.05) is 0 Å². The van der Waals surface area contributed by atoms with Crippen molar-refractivity contribution in [1.29, 1.82) is 0 Å². The lowest BCUT2D eigenvalue weighted by Gasteiger charge is -2.50. The minimum absolute atomic E-state index is 1.05. The highest BCUT2D eigenvalue weighted by Gasteiger charge is 2.64. The molecule has 0 bridgehead atoms. The lowest BCUT2D eigenvalue weighted by Crippen LogP contribution is -2.73. The molecule has 2 saturated heterocycles. The van der Waals surface area contributed by atoms with Crippen molar-refractivity contribution in [3.63, 3.8) is 0 Å². The van der Waals surface area contributed by atoms with Gasteiger partial charge in [-0.05, 0) is 0 Å². The van der Waals surface area contributed by atoms with Crippen LogP contribution in [0.4, 0.5) is 0 Å². The molecule has 0 spiro atoms. The highest BCUT2D eigenvalue weighted by molar-refractivity contribution is 5.77. The second kappa shape index (κ2) is 9.75. The number of hydrogen-bond acceptors (Lipinski definition) is 14. The van der Waals surface area contributed by atoms with E-state index in [2.05, 4.69) is 4.74 Å². The third-order valence-corrected chi connectivity index (χ3v) is 5.33. The van der Waals surface area contributed by atoms with Crippen molar-refractivity contribution in [2.45, 2.75) is 72.9 Å². The molecule has 0 radical (unpaired) electrons. The number of aliphatic hydroxyl groups excluding tert-OH is 8. The molecule has 16 heteroatoms. The third-order valence-electron chi connectivity index (χ3n) is 5.33. The molecule has 0 aromatic rings. The fourth-order valence-corrected chi connectivity index (χ4v) is 3.51. The first kappa shape index (κ1) is 26.7. The smallest absolute Gasteiger partial charge is 0.367 e. The van der Waals surface area contributed by atoms with E-state index in [1.807, 2.05) is 0 Å². The van der Waals surface area contributed by atoms with Crippen LogP contribution in [0.1, 0.15) is 6.42 Å². The maximum atomic E-state index is 12.0. The fraction of sp³-hybridized carbons (Fsp3) is 0.875. The van der Waals surface area contributed by atoms with Crippen LogP contribution in [0.5, 0.6) is 0 Å². The van der Waals surface area contributed by atoms with E-state index in [0.717, 1.165) is 0 Å². The van der Waals surface area contributed by atoms with Crippen molar-refractivity contribution in [1.82, 2.24) is 0 Å². The lowest BCUT2D eigenvalue weighted by molar-refractivity contribution is -0.392. The van der Waals surface area contributed by atoms with Crippen molar-refractivity contribution in [3.8, 4) is 0 Å². The topological polar surface area (TPSA) is 284 Å². The van der Waals surface area contributed by atoms with Crippen LogP contribution < -0.4 is 0 Å². The highest BCUT2D eigenvalue weighted by atomic mass is 16.8. The van der Waals surface area contributed by atoms with Gasteiger partial charge in [0.25, 0.3) is 11.6 Å². The minimum atomic E-state index is -3.55. The minimum Gasteiger partial charge on any atom is -0.477 e. The van der Waals surface area contributed by atoms with E-state index in [-0.39, 0.29) is 0 Å². The summed E-state index contributed by atoms with van der Waals surface area (Å²) in [5, 5.41) is 108. The molecular formula is C16H26O16. The maximum Gasteiger partial charge on any atom is 0.367 e. The van der Waals surface area contributed by atoms with Gasteiger partial charge in [0.15, 0.2) is 0 Å². The molecule has 0 amide bonds. The Morgan fingerprint density at radius 1 is 0.906 bits per heavy atom. The molecule has 0 unspecified atom stereocenters. The van der Waals surface area contributed by atoms with Crippen LogP contribution in [0.2, 0.25) is 0 Å². The summed E-state index contributed by atoms with van der Waals surface area (Å²) in [6.45, 7) is -2.16. The maximum absolute atomic E-state index is 12.0. The van der Waals surface area contributed by atoms with Crippen molar-refractivity contribution in [2.75, 3.05) is 13.2 Å². The molecule has 0 aliphatic carbocycles. The summed E-state index contributed by atoms with van der Waals surface area (Å²) in [6.07, 6.45) is -20.3. The van der Waals surface area contributed by atoms with E-state index in [1.165, 1.54) is 0 Å². The molecule has 0 aromatic heterocycles. The number of ether oxygens (including phenoxy) is 3. The van der Waals surface area contributed by atoms with Gasteiger partial charge in [-0.25, -0.2) is 9.59 Å². The quantitative estimate of drug-likeness (QED) is 0.156. The number of carboxylic acids is 2. The molecule has 2 aliphatic rings. The molecule has 11 atom stereocenters. The zero-order chi connectivity index (χ0) is 24.6. The Bertz CT molecular complexity index is 689. The van der Waals surface area contributed by atoms with Gasteiger partial charge in [-0.2, -0.15) is 0 Å². The monoisotopic (exact) mass is 474 g/mol. The van der Waals surface area contributed by atoms with Gasteiger partial charge < -0.3 is 70.4 Å². The summed E-state index contributed by atoms with van der Waals surface area (Å²) in [7, 11) is 0. The Morgan fingerprint density at radius 2 is 1.41 bits per heavy atom. The lowest BCUT2D eigenvalue weighted by atomic mass is 9.88. The Morgan fingerprint density at radius 3 is 1.84 bits per heavy atom. The molecule has 2 rings (SSSR count). The Balaban J connectivity index is 2.49. The summed E-state index contributed by atoms with van der Waals surface area (Å²) in [4.78, 5) is 23.5. The van der Waals surface area contributed by atoms with Crippen LogP contribution in [-0.4, -0.2) is 148 Å². The number of carboxylic acid groups (broad SMARTS) is 2. The van der Waals surface area contributed by atoms with E-state index < -0.39 is 98.1 Å². The van der Waals surface area contributed by atoms with E-state index in [1.54, 1.807) is 0 Å². The Kier molecular flexibility index (Phi) is 8.14. The van der Waals surface area contributed by atoms with E-state index >= 15 is 0 Å². The van der Waals surface area contributed by atoms with Gasteiger partial charge in [0.05, 0.1) is 19.3 Å². The van der Waals surface area contributed by atoms with E-state index in [9.17, 15) is 55.5 Å². The first-order valence-electron chi connectivity index (χ1n) is 9.28. The van der Waals surface area contributed by atoms with Gasteiger partial charge in [-0.15, -0.1) is 0 Å². The highest BCUT2D eigenvalue weighted by Crippen LogP contribution is 2.39. The molecular weight excluding hydrogens is 448 g/mol. The largest absolute Gasteiger partial charge is 0.477 e. The number of aliphatic carboxylic acids is 2. The Labute approximate surface area is 179 Å². The molecule has 2 heterocycles. The fourth-order valence-electron chi connectivity index (χ4n) is 3.51. The van der Waals surface area contributed by atoms with Crippen LogP contribution in [0.3, 0.4) is 0 Å². The predicted octanol–water partition coefficient (Wildman–Crippen LogP) is -6.74. The number of aliphatic hydroxyl groups is 9. The van der Waals surface area contributed by atoms with Crippen LogP contribution >= 0.6 is 0 Å². The van der Waals surface area contributed by atoms with Crippen molar-refractivity contribution < 1.29 is 80.0 Å². The van der Waals surface area contributed by atoms with Crippen LogP contribution in [0.25, 0.3) is 0 Å². The Hall–Kier alpha value is -1.54. The van der Waals surface area contributed by atoms with Gasteiger partial charge in [-0.3, -0.25) is 0 Å². The number of carbonyl (C=O) groups is 2. The molecule has 16 nitrogen and oxygen atoms in total. The molecule has 0 saturated carbocycles. The van der Waals surface area contributed by atoms with Gasteiger partial charge in [0.2, 0.25) is 0 Å². The van der Waals surface area contributed by atoms with Crippen LogP contribution in [0.15, 0.2) is 0 Å².